The molecule has 0 radical (unpaired) electrons. The summed E-state index contributed by atoms with van der Waals surface area (Å²) in [5.74, 6) is -0.651. The van der Waals surface area contributed by atoms with Crippen molar-refractivity contribution in [3.63, 3.8) is 0 Å². The lowest BCUT2D eigenvalue weighted by Crippen LogP contribution is -2.46. The minimum Gasteiger partial charge on any atom is -0.481 e. The average molecular weight is 321 g/mol. The average Bonchev–Trinajstić information content (AvgIpc) is 2.95. The number of nitrogens with zero attached hydrogens (tertiary/aromatic N) is 2. The van der Waals surface area contributed by atoms with Crippen molar-refractivity contribution in [1.82, 2.24) is 14.9 Å². The highest BCUT2D eigenvalue weighted by molar-refractivity contribution is 5.74. The van der Waals surface area contributed by atoms with Crippen LogP contribution in [0.2, 0.25) is 0 Å². The molecule has 6 heteroatoms. The van der Waals surface area contributed by atoms with Crippen LogP contribution >= 0.6 is 0 Å². The van der Waals surface area contributed by atoms with Crippen LogP contribution in [-0.2, 0) is 16.1 Å². The fourth-order valence-corrected chi connectivity index (χ4v) is 3.81. The number of carbonyl (C=O) groups is 1. The summed E-state index contributed by atoms with van der Waals surface area (Å²) in [7, 11) is 0. The monoisotopic (exact) mass is 321 g/mol. The minimum atomic E-state index is -0.651. The third-order valence-corrected chi connectivity index (χ3v) is 5.47. The summed E-state index contributed by atoms with van der Waals surface area (Å²) < 4.78 is 5.79. The van der Waals surface area contributed by atoms with E-state index in [2.05, 4.69) is 14.9 Å². The fraction of sp³-hybridized carbons (Fsp3) is 0.765. The van der Waals surface area contributed by atoms with Gasteiger partial charge in [-0.05, 0) is 58.5 Å². The third-order valence-electron chi connectivity index (χ3n) is 5.47. The van der Waals surface area contributed by atoms with Gasteiger partial charge in [-0.15, -0.1) is 0 Å². The van der Waals surface area contributed by atoms with Gasteiger partial charge in [0.15, 0.2) is 0 Å². The first-order valence-corrected chi connectivity index (χ1v) is 8.65. The lowest BCUT2D eigenvalue weighted by molar-refractivity contribution is -0.156. The molecule has 1 aromatic rings. The van der Waals surface area contributed by atoms with Gasteiger partial charge >= 0.3 is 5.97 Å². The second-order valence-corrected chi connectivity index (χ2v) is 7.03. The maximum atomic E-state index is 11.9. The van der Waals surface area contributed by atoms with Crippen molar-refractivity contribution in [2.75, 3.05) is 19.7 Å². The standard InChI is InChI=1S/C17H27N3O3/c1-13-15(19-12-18-13)11-20-7-5-17(6-8-20,16(21)22)10-14-4-2-3-9-23-14/h12,14H,2-11H2,1H3,(H,18,19)(H,21,22). The molecule has 0 aliphatic carbocycles. The van der Waals surface area contributed by atoms with Crippen LogP contribution in [0.3, 0.4) is 0 Å². The number of ether oxygens (including phenoxy) is 1. The number of hydrogen-bond donors (Lipinski definition) is 2. The molecule has 1 unspecified atom stereocenters. The molecule has 0 amide bonds. The van der Waals surface area contributed by atoms with Crippen LogP contribution in [0.1, 0.15) is 49.9 Å². The number of aliphatic carboxylic acids is 1. The van der Waals surface area contributed by atoms with Crippen LogP contribution in [0, 0.1) is 12.3 Å². The molecule has 2 fully saturated rings. The van der Waals surface area contributed by atoms with E-state index in [4.69, 9.17) is 4.74 Å². The van der Waals surface area contributed by atoms with Crippen molar-refractivity contribution in [2.45, 2.75) is 58.1 Å². The highest BCUT2D eigenvalue weighted by Gasteiger charge is 2.43. The Balaban J connectivity index is 1.59. The number of piperidine rings is 1. The zero-order chi connectivity index (χ0) is 16.3. The number of nitrogens with one attached hydrogen (secondary N) is 1. The molecular weight excluding hydrogens is 294 g/mol. The number of hydrogen-bond acceptors (Lipinski definition) is 4. The first kappa shape index (κ1) is 16.5. The Bertz CT molecular complexity index is 529. The number of likely N-dealkylation sites (tertiary alicyclic amines) is 1. The zero-order valence-corrected chi connectivity index (χ0v) is 13.9. The lowest BCUT2D eigenvalue weighted by Gasteiger charge is -2.41. The van der Waals surface area contributed by atoms with Crippen LogP contribution in [0.4, 0.5) is 0 Å². The molecule has 128 valence electrons. The number of aryl methyl sites for hydroxylation is 1. The summed E-state index contributed by atoms with van der Waals surface area (Å²) in [4.78, 5) is 21.7. The number of aromatic amines is 1. The molecule has 2 N–H and O–H groups in total. The molecule has 0 saturated carbocycles. The van der Waals surface area contributed by atoms with Crippen LogP contribution in [0.25, 0.3) is 0 Å². The molecule has 2 saturated heterocycles. The number of carboxylic acid groups (broad SMARTS) is 1. The molecule has 3 rings (SSSR count). The normalized spacial score (nSPS) is 25.3. The Morgan fingerprint density at radius 3 is 2.83 bits per heavy atom. The van der Waals surface area contributed by atoms with Crippen LogP contribution in [-0.4, -0.2) is 51.7 Å². The topological polar surface area (TPSA) is 78.5 Å². The molecule has 1 aromatic heterocycles. The minimum absolute atomic E-state index is 0.125. The smallest absolute Gasteiger partial charge is 0.309 e. The Labute approximate surface area is 137 Å². The number of aromatic nitrogens is 2. The van der Waals surface area contributed by atoms with Gasteiger partial charge in [-0.1, -0.05) is 0 Å². The molecule has 0 aromatic carbocycles. The van der Waals surface area contributed by atoms with E-state index in [1.54, 1.807) is 6.33 Å². The summed E-state index contributed by atoms with van der Waals surface area (Å²) >= 11 is 0. The molecule has 2 aliphatic heterocycles. The van der Waals surface area contributed by atoms with E-state index in [1.807, 2.05) is 6.92 Å². The maximum absolute atomic E-state index is 11.9. The lowest BCUT2D eigenvalue weighted by atomic mass is 9.73. The van der Waals surface area contributed by atoms with Crippen molar-refractivity contribution in [3.8, 4) is 0 Å². The van der Waals surface area contributed by atoms with E-state index in [0.717, 1.165) is 56.9 Å². The SMILES string of the molecule is Cc1[nH]cnc1CN1CCC(CC2CCCCO2)(C(=O)O)CC1. The van der Waals surface area contributed by atoms with Gasteiger partial charge < -0.3 is 14.8 Å². The van der Waals surface area contributed by atoms with Gasteiger partial charge in [0.05, 0.1) is 23.5 Å². The van der Waals surface area contributed by atoms with Crippen molar-refractivity contribution >= 4 is 5.97 Å². The van der Waals surface area contributed by atoms with Gasteiger partial charge in [-0.3, -0.25) is 9.69 Å². The van der Waals surface area contributed by atoms with E-state index in [1.165, 1.54) is 0 Å². The fourth-order valence-electron chi connectivity index (χ4n) is 3.81. The molecular formula is C17H27N3O3. The van der Waals surface area contributed by atoms with Gasteiger partial charge in [-0.2, -0.15) is 0 Å². The molecule has 1 atom stereocenters. The van der Waals surface area contributed by atoms with Gasteiger partial charge in [0.25, 0.3) is 0 Å². The second-order valence-electron chi connectivity index (χ2n) is 7.03. The molecule has 23 heavy (non-hydrogen) atoms. The number of carboxylic acids is 1. The van der Waals surface area contributed by atoms with E-state index >= 15 is 0 Å². The maximum Gasteiger partial charge on any atom is 0.309 e. The number of rotatable bonds is 5. The summed E-state index contributed by atoms with van der Waals surface area (Å²) in [6.07, 6.45) is 7.18. The van der Waals surface area contributed by atoms with Crippen molar-refractivity contribution in [2.24, 2.45) is 5.41 Å². The molecule has 0 spiro atoms. The Kier molecular flexibility index (Phi) is 5.02. The van der Waals surface area contributed by atoms with Crippen molar-refractivity contribution < 1.29 is 14.6 Å². The summed E-state index contributed by atoms with van der Waals surface area (Å²) in [6, 6.07) is 0. The van der Waals surface area contributed by atoms with Gasteiger partial charge in [0.1, 0.15) is 0 Å². The van der Waals surface area contributed by atoms with Crippen LogP contribution in [0.5, 0.6) is 0 Å². The summed E-state index contributed by atoms with van der Waals surface area (Å²) in [5.41, 5.74) is 1.54. The quantitative estimate of drug-likeness (QED) is 0.870. The third kappa shape index (κ3) is 3.75. The molecule has 2 aliphatic rings. The summed E-state index contributed by atoms with van der Waals surface area (Å²) in [6.45, 7) is 5.22. The van der Waals surface area contributed by atoms with Crippen LogP contribution in [0.15, 0.2) is 6.33 Å². The Hall–Kier alpha value is -1.40. The van der Waals surface area contributed by atoms with Crippen LogP contribution < -0.4 is 0 Å². The zero-order valence-electron chi connectivity index (χ0n) is 13.9. The molecule has 3 heterocycles. The highest BCUT2D eigenvalue weighted by Crippen LogP contribution is 2.39. The predicted molar refractivity (Wildman–Crippen MR) is 86.1 cm³/mol. The van der Waals surface area contributed by atoms with Crippen molar-refractivity contribution in [3.05, 3.63) is 17.7 Å². The Morgan fingerprint density at radius 2 is 2.26 bits per heavy atom. The van der Waals surface area contributed by atoms with E-state index < -0.39 is 11.4 Å². The Morgan fingerprint density at radius 1 is 1.48 bits per heavy atom. The van der Waals surface area contributed by atoms with E-state index in [9.17, 15) is 9.90 Å². The number of imidazole rings is 1. The predicted octanol–water partition coefficient (Wildman–Crippen LogP) is 2.34. The second kappa shape index (κ2) is 7.01. The largest absolute Gasteiger partial charge is 0.481 e. The van der Waals surface area contributed by atoms with E-state index in [0.29, 0.717) is 19.3 Å². The van der Waals surface area contributed by atoms with Gasteiger partial charge in [0.2, 0.25) is 0 Å². The molecule has 0 bridgehead atoms. The summed E-state index contributed by atoms with van der Waals surface area (Å²) in [5, 5.41) is 9.82. The van der Waals surface area contributed by atoms with Gasteiger partial charge in [0, 0.05) is 18.8 Å². The van der Waals surface area contributed by atoms with Gasteiger partial charge in [-0.25, -0.2) is 4.98 Å². The first-order valence-electron chi connectivity index (χ1n) is 8.65. The number of H-pyrrole nitrogens is 1. The first-order chi connectivity index (χ1) is 11.1. The van der Waals surface area contributed by atoms with Crippen molar-refractivity contribution in [1.29, 1.82) is 0 Å². The molecule has 6 nitrogen and oxygen atoms in total. The van der Waals surface area contributed by atoms with E-state index in [-0.39, 0.29) is 6.10 Å². The highest BCUT2D eigenvalue weighted by atomic mass is 16.5.